The molecule has 25 heavy (non-hydrogen) atoms. The molecule has 2 aromatic rings. The van der Waals surface area contributed by atoms with Gasteiger partial charge >= 0.3 is 0 Å². The quantitative estimate of drug-likeness (QED) is 0.548. The number of anilines is 2. The van der Waals surface area contributed by atoms with E-state index in [4.69, 9.17) is 14.2 Å². The standard InChI is InChI=1S/C20H25NO4/c22-18-9-5-16(6-10-18)21-17-7-11-19(12-8-17)23-14-3-15-25-20-4-1-2-13-24-20/h5-12,20-22H,1-4,13-15H2. The van der Waals surface area contributed by atoms with Crippen molar-refractivity contribution in [2.45, 2.75) is 32.0 Å². The first-order valence-corrected chi connectivity index (χ1v) is 8.82. The largest absolute Gasteiger partial charge is 0.508 e. The Balaban J connectivity index is 1.35. The monoisotopic (exact) mass is 343 g/mol. The predicted molar refractivity (Wildman–Crippen MR) is 97.5 cm³/mol. The zero-order chi connectivity index (χ0) is 17.3. The predicted octanol–water partition coefficient (Wildman–Crippen LogP) is 4.45. The Hall–Kier alpha value is -2.24. The minimum absolute atomic E-state index is 0.0287. The molecule has 3 rings (SSSR count). The molecule has 1 saturated heterocycles. The summed E-state index contributed by atoms with van der Waals surface area (Å²) in [5.41, 5.74) is 1.89. The van der Waals surface area contributed by atoms with Crippen LogP contribution in [0.3, 0.4) is 0 Å². The van der Waals surface area contributed by atoms with E-state index >= 15 is 0 Å². The fourth-order valence-corrected chi connectivity index (χ4v) is 2.65. The summed E-state index contributed by atoms with van der Waals surface area (Å²) in [4.78, 5) is 0. The Morgan fingerprint density at radius 3 is 2.36 bits per heavy atom. The first-order chi connectivity index (χ1) is 12.3. The zero-order valence-electron chi connectivity index (χ0n) is 14.3. The summed E-state index contributed by atoms with van der Waals surface area (Å²) in [5.74, 6) is 1.10. The normalized spacial score (nSPS) is 17.2. The molecule has 0 spiro atoms. The van der Waals surface area contributed by atoms with Crippen LogP contribution in [0.5, 0.6) is 11.5 Å². The van der Waals surface area contributed by atoms with Gasteiger partial charge in [0, 0.05) is 24.4 Å². The molecule has 1 heterocycles. The van der Waals surface area contributed by atoms with Gasteiger partial charge in [0.2, 0.25) is 0 Å². The lowest BCUT2D eigenvalue weighted by atomic mass is 10.2. The summed E-state index contributed by atoms with van der Waals surface area (Å²) in [5, 5.41) is 12.6. The zero-order valence-corrected chi connectivity index (χ0v) is 14.3. The molecular formula is C20H25NO4. The molecule has 0 amide bonds. The summed E-state index contributed by atoms with van der Waals surface area (Å²) in [7, 11) is 0. The Morgan fingerprint density at radius 1 is 0.960 bits per heavy atom. The molecule has 0 bridgehead atoms. The van der Waals surface area contributed by atoms with Crippen molar-refractivity contribution in [2.24, 2.45) is 0 Å². The second-order valence-electron chi connectivity index (χ2n) is 6.07. The molecule has 0 saturated carbocycles. The third-order valence-corrected chi connectivity index (χ3v) is 4.01. The summed E-state index contributed by atoms with van der Waals surface area (Å²) in [6.07, 6.45) is 4.13. The van der Waals surface area contributed by atoms with Gasteiger partial charge in [-0.25, -0.2) is 0 Å². The maximum Gasteiger partial charge on any atom is 0.157 e. The molecule has 0 radical (unpaired) electrons. The third kappa shape index (κ3) is 5.96. The molecule has 1 aliphatic heterocycles. The fourth-order valence-electron chi connectivity index (χ4n) is 2.65. The first-order valence-electron chi connectivity index (χ1n) is 8.82. The van der Waals surface area contributed by atoms with E-state index in [1.165, 1.54) is 6.42 Å². The average Bonchev–Trinajstić information content (AvgIpc) is 2.65. The van der Waals surface area contributed by atoms with Crippen molar-refractivity contribution in [1.82, 2.24) is 0 Å². The molecule has 1 unspecified atom stereocenters. The Bertz CT molecular complexity index is 621. The minimum Gasteiger partial charge on any atom is -0.508 e. The maximum atomic E-state index is 9.29. The number of phenols is 1. The van der Waals surface area contributed by atoms with Gasteiger partial charge in [-0.3, -0.25) is 0 Å². The maximum absolute atomic E-state index is 9.29. The van der Waals surface area contributed by atoms with Crippen molar-refractivity contribution in [3.05, 3.63) is 48.5 Å². The number of aromatic hydroxyl groups is 1. The van der Waals surface area contributed by atoms with Crippen LogP contribution in [0.4, 0.5) is 11.4 Å². The number of hydrogen-bond acceptors (Lipinski definition) is 5. The summed E-state index contributed by atoms with van der Waals surface area (Å²) in [6, 6.07) is 14.8. The fraction of sp³-hybridized carbons (Fsp3) is 0.400. The van der Waals surface area contributed by atoms with Crippen LogP contribution in [0.1, 0.15) is 25.7 Å². The third-order valence-electron chi connectivity index (χ3n) is 4.01. The lowest BCUT2D eigenvalue weighted by Gasteiger charge is -2.22. The van der Waals surface area contributed by atoms with Gasteiger partial charge < -0.3 is 24.6 Å². The lowest BCUT2D eigenvalue weighted by Crippen LogP contribution is -2.23. The molecule has 1 fully saturated rings. The van der Waals surface area contributed by atoms with Crippen LogP contribution in [0.25, 0.3) is 0 Å². The second kappa shape index (κ2) is 9.30. The van der Waals surface area contributed by atoms with Crippen molar-refractivity contribution in [3.8, 4) is 11.5 Å². The van der Waals surface area contributed by atoms with Crippen molar-refractivity contribution in [1.29, 1.82) is 0 Å². The van der Waals surface area contributed by atoms with E-state index in [9.17, 15) is 5.11 Å². The van der Waals surface area contributed by atoms with E-state index in [2.05, 4.69) is 5.32 Å². The molecular weight excluding hydrogens is 318 g/mol. The van der Waals surface area contributed by atoms with Crippen LogP contribution in [-0.4, -0.2) is 31.2 Å². The number of rotatable bonds is 8. The van der Waals surface area contributed by atoms with Gasteiger partial charge in [0.1, 0.15) is 11.5 Å². The molecule has 0 aromatic heterocycles. The Kier molecular flexibility index (Phi) is 6.54. The van der Waals surface area contributed by atoms with Gasteiger partial charge in [-0.2, -0.15) is 0 Å². The molecule has 5 heteroatoms. The molecule has 2 N–H and O–H groups in total. The second-order valence-corrected chi connectivity index (χ2v) is 6.07. The lowest BCUT2D eigenvalue weighted by molar-refractivity contribution is -0.163. The smallest absolute Gasteiger partial charge is 0.157 e. The number of nitrogens with one attached hydrogen (secondary N) is 1. The van der Waals surface area contributed by atoms with Gasteiger partial charge in [-0.15, -0.1) is 0 Å². The van der Waals surface area contributed by atoms with Crippen LogP contribution in [0, 0.1) is 0 Å². The van der Waals surface area contributed by atoms with Crippen LogP contribution in [0.15, 0.2) is 48.5 Å². The summed E-state index contributed by atoms with van der Waals surface area (Å²) >= 11 is 0. The van der Waals surface area contributed by atoms with E-state index in [1.54, 1.807) is 12.1 Å². The Morgan fingerprint density at radius 2 is 1.68 bits per heavy atom. The van der Waals surface area contributed by atoms with Crippen LogP contribution in [-0.2, 0) is 9.47 Å². The Labute approximate surface area is 148 Å². The summed E-state index contributed by atoms with van der Waals surface area (Å²) in [6.45, 7) is 2.09. The van der Waals surface area contributed by atoms with E-state index in [-0.39, 0.29) is 12.0 Å². The first kappa shape index (κ1) is 17.6. The van der Waals surface area contributed by atoms with E-state index in [1.807, 2.05) is 36.4 Å². The molecule has 5 nitrogen and oxygen atoms in total. The highest BCUT2D eigenvalue weighted by atomic mass is 16.7. The van der Waals surface area contributed by atoms with Gasteiger partial charge in [0.25, 0.3) is 0 Å². The van der Waals surface area contributed by atoms with Crippen molar-refractivity contribution < 1.29 is 19.3 Å². The molecule has 1 aliphatic rings. The van der Waals surface area contributed by atoms with Crippen molar-refractivity contribution >= 4 is 11.4 Å². The van der Waals surface area contributed by atoms with Crippen LogP contribution in [0.2, 0.25) is 0 Å². The molecule has 1 atom stereocenters. The number of benzene rings is 2. The topological polar surface area (TPSA) is 60.0 Å². The number of phenolic OH excluding ortho intramolecular Hbond substituents is 1. The van der Waals surface area contributed by atoms with E-state index in [0.29, 0.717) is 13.2 Å². The van der Waals surface area contributed by atoms with Gasteiger partial charge in [0.15, 0.2) is 6.29 Å². The van der Waals surface area contributed by atoms with E-state index < -0.39 is 0 Å². The van der Waals surface area contributed by atoms with E-state index in [0.717, 1.165) is 43.0 Å². The summed E-state index contributed by atoms with van der Waals surface area (Å²) < 4.78 is 16.9. The van der Waals surface area contributed by atoms with Crippen molar-refractivity contribution in [2.75, 3.05) is 25.1 Å². The molecule has 0 aliphatic carbocycles. The highest BCUT2D eigenvalue weighted by Gasteiger charge is 2.13. The molecule has 2 aromatic carbocycles. The molecule has 134 valence electrons. The number of hydrogen-bond donors (Lipinski definition) is 2. The highest BCUT2D eigenvalue weighted by Crippen LogP contribution is 2.22. The minimum atomic E-state index is -0.0287. The van der Waals surface area contributed by atoms with Crippen LogP contribution >= 0.6 is 0 Å². The van der Waals surface area contributed by atoms with Gasteiger partial charge in [-0.05, 0) is 67.8 Å². The average molecular weight is 343 g/mol. The van der Waals surface area contributed by atoms with Crippen molar-refractivity contribution in [3.63, 3.8) is 0 Å². The number of ether oxygens (including phenoxy) is 3. The van der Waals surface area contributed by atoms with Gasteiger partial charge in [0.05, 0.1) is 13.2 Å². The SMILES string of the molecule is Oc1ccc(Nc2ccc(OCCCOC3CCCCO3)cc2)cc1. The van der Waals surface area contributed by atoms with Crippen LogP contribution < -0.4 is 10.1 Å². The highest BCUT2D eigenvalue weighted by molar-refractivity contribution is 5.60. The van der Waals surface area contributed by atoms with Gasteiger partial charge in [-0.1, -0.05) is 0 Å².